The Kier molecular flexibility index (Phi) is 8.21. The van der Waals surface area contributed by atoms with Crippen LogP contribution in [0.4, 0.5) is 5.69 Å². The molecular formula is C22H27N3O4. The van der Waals surface area contributed by atoms with Crippen molar-refractivity contribution >= 4 is 23.4 Å². The fourth-order valence-corrected chi connectivity index (χ4v) is 2.46. The minimum Gasteiger partial charge on any atom is -0.481 e. The summed E-state index contributed by atoms with van der Waals surface area (Å²) < 4.78 is 5.58. The Balaban J connectivity index is 1.69. The third-order valence-corrected chi connectivity index (χ3v) is 4.19. The highest BCUT2D eigenvalue weighted by atomic mass is 16.5. The molecule has 3 N–H and O–H groups in total. The molecule has 154 valence electrons. The van der Waals surface area contributed by atoms with Crippen LogP contribution < -0.4 is 20.9 Å². The number of benzene rings is 2. The van der Waals surface area contributed by atoms with Crippen molar-refractivity contribution in [3.8, 4) is 5.75 Å². The van der Waals surface area contributed by atoms with Gasteiger partial charge in [0.25, 0.3) is 5.91 Å². The zero-order chi connectivity index (χ0) is 21.2. The molecule has 0 spiro atoms. The molecule has 0 radical (unpaired) electrons. The van der Waals surface area contributed by atoms with Crippen LogP contribution in [0.1, 0.15) is 45.1 Å². The van der Waals surface area contributed by atoms with E-state index in [-0.39, 0.29) is 18.7 Å². The van der Waals surface area contributed by atoms with E-state index in [9.17, 15) is 14.4 Å². The van der Waals surface area contributed by atoms with Crippen molar-refractivity contribution in [2.45, 2.75) is 45.6 Å². The van der Waals surface area contributed by atoms with Gasteiger partial charge in [-0.05, 0) is 42.7 Å². The Morgan fingerprint density at radius 1 is 0.828 bits per heavy atom. The molecule has 0 heterocycles. The largest absolute Gasteiger partial charge is 0.481 e. The summed E-state index contributed by atoms with van der Waals surface area (Å²) in [7, 11) is 0. The van der Waals surface area contributed by atoms with E-state index in [1.807, 2.05) is 30.3 Å². The van der Waals surface area contributed by atoms with Crippen molar-refractivity contribution < 1.29 is 19.1 Å². The second-order valence-electron chi connectivity index (χ2n) is 6.94. The topological polar surface area (TPSA) is 96.5 Å². The zero-order valence-electron chi connectivity index (χ0n) is 16.9. The molecule has 7 nitrogen and oxygen atoms in total. The first-order valence-electron chi connectivity index (χ1n) is 9.55. The summed E-state index contributed by atoms with van der Waals surface area (Å²) in [5.74, 6) is -0.245. The average molecular weight is 397 g/mol. The number of amides is 3. The second-order valence-corrected chi connectivity index (χ2v) is 6.94. The summed E-state index contributed by atoms with van der Waals surface area (Å²) in [6, 6.07) is 16.5. The van der Waals surface area contributed by atoms with Gasteiger partial charge in [0.2, 0.25) is 11.8 Å². The van der Waals surface area contributed by atoms with Crippen LogP contribution in [-0.2, 0) is 14.4 Å². The van der Waals surface area contributed by atoms with E-state index >= 15 is 0 Å². The maximum atomic E-state index is 12.1. The van der Waals surface area contributed by atoms with Crippen LogP contribution >= 0.6 is 0 Å². The molecule has 2 aromatic carbocycles. The molecule has 2 rings (SSSR count). The summed E-state index contributed by atoms with van der Waals surface area (Å²) in [5, 5.41) is 2.69. The number of para-hydroxylation sites is 1. The molecule has 0 aliphatic rings. The summed E-state index contributed by atoms with van der Waals surface area (Å²) in [5.41, 5.74) is 6.45. The maximum Gasteiger partial charge on any atom is 0.279 e. The predicted octanol–water partition coefficient (Wildman–Crippen LogP) is 3.14. The molecule has 3 amide bonds. The van der Waals surface area contributed by atoms with Gasteiger partial charge in [0.05, 0.1) is 0 Å². The van der Waals surface area contributed by atoms with Crippen LogP contribution in [0.25, 0.3) is 0 Å². The fraction of sp³-hybridized carbons (Fsp3) is 0.318. The van der Waals surface area contributed by atoms with Gasteiger partial charge < -0.3 is 10.1 Å². The highest BCUT2D eigenvalue weighted by Crippen LogP contribution is 2.19. The minimum absolute atomic E-state index is 0.00481. The van der Waals surface area contributed by atoms with Gasteiger partial charge in [0.1, 0.15) is 5.75 Å². The number of carbonyl (C=O) groups excluding carboxylic acids is 3. The van der Waals surface area contributed by atoms with Crippen molar-refractivity contribution in [3.63, 3.8) is 0 Å². The normalized spacial score (nSPS) is 11.4. The number of nitrogens with one attached hydrogen (secondary N) is 3. The number of rotatable bonds is 8. The molecule has 0 fully saturated rings. The van der Waals surface area contributed by atoms with E-state index in [2.05, 4.69) is 30.0 Å². The lowest BCUT2D eigenvalue weighted by molar-refractivity contribution is -0.133. The SMILES string of the molecule is CC(Oc1ccc(C(C)C)cc1)C(=O)NNC(=O)CCC(=O)Nc1ccccc1. The van der Waals surface area contributed by atoms with Gasteiger partial charge in [-0.1, -0.05) is 44.2 Å². The number of hydrogen-bond acceptors (Lipinski definition) is 4. The lowest BCUT2D eigenvalue weighted by Crippen LogP contribution is -2.47. The molecule has 2 aromatic rings. The molecule has 0 bridgehead atoms. The summed E-state index contributed by atoms with van der Waals surface area (Å²) in [4.78, 5) is 35.8. The zero-order valence-corrected chi connectivity index (χ0v) is 16.9. The van der Waals surface area contributed by atoms with E-state index in [0.717, 1.165) is 0 Å². The first-order chi connectivity index (χ1) is 13.8. The number of anilines is 1. The van der Waals surface area contributed by atoms with Gasteiger partial charge >= 0.3 is 0 Å². The maximum absolute atomic E-state index is 12.1. The Hall–Kier alpha value is -3.35. The molecule has 0 aromatic heterocycles. The highest BCUT2D eigenvalue weighted by Gasteiger charge is 2.16. The van der Waals surface area contributed by atoms with E-state index in [0.29, 0.717) is 17.4 Å². The quantitative estimate of drug-likeness (QED) is 0.596. The molecular weight excluding hydrogens is 370 g/mol. The van der Waals surface area contributed by atoms with Crippen molar-refractivity contribution in [2.75, 3.05) is 5.32 Å². The molecule has 7 heteroatoms. The van der Waals surface area contributed by atoms with Crippen LogP contribution in [0.3, 0.4) is 0 Å². The van der Waals surface area contributed by atoms with Gasteiger partial charge in [-0.25, -0.2) is 0 Å². The molecule has 1 atom stereocenters. The van der Waals surface area contributed by atoms with Gasteiger partial charge in [0, 0.05) is 18.5 Å². The van der Waals surface area contributed by atoms with Crippen molar-refractivity contribution in [1.82, 2.24) is 10.9 Å². The number of hydrogen-bond donors (Lipinski definition) is 3. The third-order valence-electron chi connectivity index (χ3n) is 4.19. The first kappa shape index (κ1) is 21.9. The second kappa shape index (κ2) is 10.8. The molecule has 0 aliphatic carbocycles. The van der Waals surface area contributed by atoms with Crippen LogP contribution in [0.5, 0.6) is 5.75 Å². The fourth-order valence-electron chi connectivity index (χ4n) is 2.46. The van der Waals surface area contributed by atoms with E-state index < -0.39 is 17.9 Å². The van der Waals surface area contributed by atoms with Crippen LogP contribution in [0.2, 0.25) is 0 Å². The molecule has 1 unspecified atom stereocenters. The van der Waals surface area contributed by atoms with E-state index in [4.69, 9.17) is 4.74 Å². The van der Waals surface area contributed by atoms with Crippen LogP contribution in [-0.4, -0.2) is 23.8 Å². The third kappa shape index (κ3) is 7.65. The van der Waals surface area contributed by atoms with E-state index in [1.54, 1.807) is 31.2 Å². The highest BCUT2D eigenvalue weighted by molar-refractivity contribution is 5.93. The van der Waals surface area contributed by atoms with Crippen LogP contribution in [0.15, 0.2) is 54.6 Å². The van der Waals surface area contributed by atoms with E-state index in [1.165, 1.54) is 5.56 Å². The minimum atomic E-state index is -0.790. The first-order valence-corrected chi connectivity index (χ1v) is 9.55. The Morgan fingerprint density at radius 3 is 2.07 bits per heavy atom. The number of carbonyl (C=O) groups is 3. The molecule has 0 aliphatic heterocycles. The molecule has 0 saturated heterocycles. The van der Waals surface area contributed by atoms with Crippen molar-refractivity contribution in [1.29, 1.82) is 0 Å². The number of hydrazine groups is 1. The van der Waals surface area contributed by atoms with Crippen molar-refractivity contribution in [2.24, 2.45) is 0 Å². The molecule has 29 heavy (non-hydrogen) atoms. The Labute approximate surface area is 170 Å². The monoisotopic (exact) mass is 397 g/mol. The standard InChI is InChI=1S/C22H27N3O4/c1-15(2)17-9-11-19(12-10-17)29-16(3)22(28)25-24-21(27)14-13-20(26)23-18-7-5-4-6-8-18/h4-12,15-16H,13-14H2,1-3H3,(H,23,26)(H,24,27)(H,25,28). The Bertz CT molecular complexity index is 820. The summed E-state index contributed by atoms with van der Waals surface area (Å²) in [6.45, 7) is 5.78. The van der Waals surface area contributed by atoms with Gasteiger partial charge in [-0.2, -0.15) is 0 Å². The van der Waals surface area contributed by atoms with Crippen LogP contribution in [0, 0.1) is 0 Å². The van der Waals surface area contributed by atoms with Gasteiger partial charge in [-0.15, -0.1) is 0 Å². The lowest BCUT2D eigenvalue weighted by atomic mass is 10.0. The van der Waals surface area contributed by atoms with Gasteiger partial charge in [-0.3, -0.25) is 25.2 Å². The van der Waals surface area contributed by atoms with Crippen molar-refractivity contribution in [3.05, 3.63) is 60.2 Å². The van der Waals surface area contributed by atoms with Gasteiger partial charge in [0.15, 0.2) is 6.10 Å². The molecule has 0 saturated carbocycles. The lowest BCUT2D eigenvalue weighted by Gasteiger charge is -2.16. The summed E-state index contributed by atoms with van der Waals surface area (Å²) in [6.07, 6.45) is -0.836. The predicted molar refractivity (Wildman–Crippen MR) is 111 cm³/mol. The average Bonchev–Trinajstić information content (AvgIpc) is 2.71. The summed E-state index contributed by atoms with van der Waals surface area (Å²) >= 11 is 0. The number of ether oxygens (including phenoxy) is 1. The Morgan fingerprint density at radius 2 is 1.45 bits per heavy atom. The smallest absolute Gasteiger partial charge is 0.279 e.